The van der Waals surface area contributed by atoms with E-state index in [0.29, 0.717) is 49.8 Å². The Morgan fingerprint density at radius 1 is 0.762 bits per heavy atom. The molecule has 0 radical (unpaired) electrons. The highest BCUT2D eigenvalue weighted by Crippen LogP contribution is 2.31. The van der Waals surface area contributed by atoms with Gasteiger partial charge in [0.05, 0.1) is 11.6 Å². The number of rotatable bonds is 5. The third-order valence-electron chi connectivity index (χ3n) is 8.85. The molecule has 4 amide bonds. The summed E-state index contributed by atoms with van der Waals surface area (Å²) in [7, 11) is 1.75. The largest absolute Gasteiger partial charge is 0.416 e. The van der Waals surface area contributed by atoms with Crippen LogP contribution in [0.15, 0.2) is 48.5 Å². The number of amides is 4. The van der Waals surface area contributed by atoms with Crippen LogP contribution in [0.5, 0.6) is 0 Å². The van der Waals surface area contributed by atoms with Crippen LogP contribution in [0.25, 0.3) is 11.1 Å². The standard InChI is InChI=1S/C31H38F3N5O3/c1-21(40)37-15-11-26(12-16-37)35-27-13-17-38(19-27)30(42)39-18-14-28(20-39)36(2)29(41)24-5-3-22(4-6-24)23-7-9-25(10-8-23)31(32,33)34/h3-10,26-28,35H,11-20H2,1-2H3/t27-,28+/m1/s1. The van der Waals surface area contributed by atoms with Crippen molar-refractivity contribution in [2.75, 3.05) is 46.3 Å². The van der Waals surface area contributed by atoms with Gasteiger partial charge in [0.2, 0.25) is 5.91 Å². The highest BCUT2D eigenvalue weighted by molar-refractivity contribution is 5.95. The van der Waals surface area contributed by atoms with Crippen molar-refractivity contribution >= 4 is 17.8 Å². The molecule has 0 aliphatic carbocycles. The first-order valence-electron chi connectivity index (χ1n) is 14.6. The zero-order chi connectivity index (χ0) is 30.0. The molecule has 3 fully saturated rings. The second-order valence-electron chi connectivity index (χ2n) is 11.6. The van der Waals surface area contributed by atoms with Crippen molar-refractivity contribution in [2.45, 2.75) is 56.9 Å². The number of carbonyl (C=O) groups excluding carboxylic acids is 3. The van der Waals surface area contributed by atoms with E-state index in [2.05, 4.69) is 5.32 Å². The van der Waals surface area contributed by atoms with E-state index in [4.69, 9.17) is 0 Å². The predicted octanol–water partition coefficient (Wildman–Crippen LogP) is 4.31. The fraction of sp³-hybridized carbons (Fsp3) is 0.516. The zero-order valence-corrected chi connectivity index (χ0v) is 24.1. The lowest BCUT2D eigenvalue weighted by molar-refractivity contribution is -0.137. The number of carbonyl (C=O) groups is 3. The number of nitrogens with zero attached hydrogens (tertiary/aromatic N) is 4. The summed E-state index contributed by atoms with van der Waals surface area (Å²) >= 11 is 0. The lowest BCUT2D eigenvalue weighted by atomic mass is 10.0. The van der Waals surface area contributed by atoms with Crippen LogP contribution < -0.4 is 5.32 Å². The highest BCUT2D eigenvalue weighted by Gasteiger charge is 2.36. The number of alkyl halides is 3. The fourth-order valence-corrected chi connectivity index (χ4v) is 6.22. The maximum Gasteiger partial charge on any atom is 0.416 e. The Hall–Kier alpha value is -3.60. The van der Waals surface area contributed by atoms with E-state index in [1.807, 2.05) is 14.7 Å². The summed E-state index contributed by atoms with van der Waals surface area (Å²) in [4.78, 5) is 45.3. The maximum atomic E-state index is 13.3. The van der Waals surface area contributed by atoms with Gasteiger partial charge in [-0.3, -0.25) is 9.59 Å². The van der Waals surface area contributed by atoms with E-state index >= 15 is 0 Å². The van der Waals surface area contributed by atoms with Crippen molar-refractivity contribution in [1.29, 1.82) is 0 Å². The summed E-state index contributed by atoms with van der Waals surface area (Å²) in [5.74, 6) is -0.0357. The van der Waals surface area contributed by atoms with E-state index in [1.54, 1.807) is 43.1 Å². The fourth-order valence-electron chi connectivity index (χ4n) is 6.22. The molecule has 0 spiro atoms. The van der Waals surface area contributed by atoms with Crippen molar-refractivity contribution in [3.05, 3.63) is 59.7 Å². The minimum atomic E-state index is -4.38. The minimum Gasteiger partial charge on any atom is -0.343 e. The van der Waals surface area contributed by atoms with Crippen LogP contribution >= 0.6 is 0 Å². The number of nitrogens with one attached hydrogen (secondary N) is 1. The molecule has 1 N–H and O–H groups in total. The van der Waals surface area contributed by atoms with Gasteiger partial charge in [-0.25, -0.2) is 4.79 Å². The Labute approximate surface area is 244 Å². The lowest BCUT2D eigenvalue weighted by Gasteiger charge is -2.33. The Morgan fingerprint density at radius 2 is 1.29 bits per heavy atom. The van der Waals surface area contributed by atoms with Crippen LogP contribution in [-0.2, 0) is 11.0 Å². The van der Waals surface area contributed by atoms with E-state index in [1.165, 1.54) is 12.1 Å². The molecule has 0 saturated carbocycles. The smallest absolute Gasteiger partial charge is 0.343 e. The number of piperidine rings is 1. The van der Waals surface area contributed by atoms with Gasteiger partial charge in [-0.05, 0) is 61.1 Å². The average Bonchev–Trinajstić information content (AvgIpc) is 3.67. The first-order chi connectivity index (χ1) is 20.0. The summed E-state index contributed by atoms with van der Waals surface area (Å²) in [6.07, 6.45) is -0.936. The van der Waals surface area contributed by atoms with Crippen LogP contribution in [0, 0.1) is 0 Å². The molecular formula is C31H38F3N5O3. The molecule has 42 heavy (non-hydrogen) atoms. The van der Waals surface area contributed by atoms with Gasteiger partial charge < -0.3 is 24.9 Å². The van der Waals surface area contributed by atoms with Gasteiger partial charge in [0, 0.05) is 70.9 Å². The normalized spacial score (nSPS) is 21.6. The quantitative estimate of drug-likeness (QED) is 0.568. The van der Waals surface area contributed by atoms with Gasteiger partial charge in [-0.1, -0.05) is 24.3 Å². The lowest BCUT2D eigenvalue weighted by Crippen LogP contribution is -2.49. The molecule has 0 unspecified atom stereocenters. The number of hydrogen-bond acceptors (Lipinski definition) is 4. The van der Waals surface area contributed by atoms with E-state index < -0.39 is 11.7 Å². The first kappa shape index (κ1) is 29.9. The number of hydrogen-bond donors (Lipinski definition) is 1. The highest BCUT2D eigenvalue weighted by atomic mass is 19.4. The van der Waals surface area contributed by atoms with Gasteiger partial charge >= 0.3 is 12.2 Å². The third-order valence-corrected chi connectivity index (χ3v) is 8.85. The topological polar surface area (TPSA) is 76.2 Å². The molecule has 3 saturated heterocycles. The number of urea groups is 1. The predicted molar refractivity (Wildman–Crippen MR) is 153 cm³/mol. The molecule has 3 heterocycles. The maximum absolute atomic E-state index is 13.3. The van der Waals surface area contributed by atoms with Crippen LogP contribution in [0.3, 0.4) is 0 Å². The van der Waals surface area contributed by atoms with Gasteiger partial charge in [0.15, 0.2) is 0 Å². The van der Waals surface area contributed by atoms with Crippen LogP contribution in [0.1, 0.15) is 48.5 Å². The van der Waals surface area contributed by atoms with Gasteiger partial charge in [0.1, 0.15) is 0 Å². The van der Waals surface area contributed by atoms with Crippen LogP contribution in [-0.4, -0.2) is 102 Å². The summed E-state index contributed by atoms with van der Waals surface area (Å²) in [6, 6.07) is 12.3. The molecular weight excluding hydrogens is 547 g/mol. The molecule has 5 rings (SSSR count). The summed E-state index contributed by atoms with van der Waals surface area (Å²) < 4.78 is 38.6. The number of halogens is 3. The summed E-state index contributed by atoms with van der Waals surface area (Å²) in [6.45, 7) is 5.57. The summed E-state index contributed by atoms with van der Waals surface area (Å²) in [5.41, 5.74) is 1.15. The number of likely N-dealkylation sites (tertiary alicyclic amines) is 3. The monoisotopic (exact) mass is 585 g/mol. The van der Waals surface area contributed by atoms with Crippen molar-refractivity contribution < 1.29 is 27.6 Å². The molecule has 2 aromatic carbocycles. The minimum absolute atomic E-state index is 0.00921. The van der Waals surface area contributed by atoms with Crippen molar-refractivity contribution in [3.63, 3.8) is 0 Å². The molecule has 3 aliphatic rings. The van der Waals surface area contributed by atoms with E-state index in [0.717, 1.165) is 50.0 Å². The Morgan fingerprint density at radius 3 is 1.88 bits per heavy atom. The average molecular weight is 586 g/mol. The van der Waals surface area contributed by atoms with E-state index in [9.17, 15) is 27.6 Å². The van der Waals surface area contributed by atoms with Crippen molar-refractivity contribution in [1.82, 2.24) is 24.9 Å². The molecule has 8 nitrogen and oxygen atoms in total. The molecule has 11 heteroatoms. The molecule has 2 aromatic rings. The molecule has 2 atom stereocenters. The third kappa shape index (κ3) is 6.72. The first-order valence-corrected chi connectivity index (χ1v) is 14.6. The second kappa shape index (κ2) is 12.3. The van der Waals surface area contributed by atoms with E-state index in [-0.39, 0.29) is 29.9 Å². The summed E-state index contributed by atoms with van der Waals surface area (Å²) in [5, 5.41) is 3.69. The Balaban J connectivity index is 1.10. The molecule has 226 valence electrons. The van der Waals surface area contributed by atoms with Gasteiger partial charge in [-0.2, -0.15) is 13.2 Å². The van der Waals surface area contributed by atoms with Crippen molar-refractivity contribution in [3.8, 4) is 11.1 Å². The molecule has 0 bridgehead atoms. The Bertz CT molecular complexity index is 1280. The second-order valence-corrected chi connectivity index (χ2v) is 11.6. The van der Waals surface area contributed by atoms with Crippen molar-refractivity contribution in [2.24, 2.45) is 0 Å². The SMILES string of the molecule is CC(=O)N1CCC(N[C@@H]2CCN(C(=O)N3CC[C@H](N(C)C(=O)c4ccc(-c5ccc(C(F)(F)F)cc5)cc4)C3)C2)CC1. The zero-order valence-electron chi connectivity index (χ0n) is 24.1. The number of benzene rings is 2. The Kier molecular flexibility index (Phi) is 8.77. The van der Waals surface area contributed by atoms with Crippen LogP contribution in [0.4, 0.5) is 18.0 Å². The van der Waals surface area contributed by atoms with Gasteiger partial charge in [-0.15, -0.1) is 0 Å². The van der Waals surface area contributed by atoms with Gasteiger partial charge in [0.25, 0.3) is 5.91 Å². The number of likely N-dealkylation sites (N-methyl/N-ethyl adjacent to an activating group) is 1. The molecule has 0 aromatic heterocycles. The van der Waals surface area contributed by atoms with Crippen LogP contribution in [0.2, 0.25) is 0 Å². The molecule has 3 aliphatic heterocycles.